The molecular formula is C16H13N3O3S. The fourth-order valence-electron chi connectivity index (χ4n) is 1.96. The van der Waals surface area contributed by atoms with Crippen LogP contribution in [-0.4, -0.2) is 21.9 Å². The number of benzene rings is 1. The molecule has 23 heavy (non-hydrogen) atoms. The highest BCUT2D eigenvalue weighted by Gasteiger charge is 2.12. The molecule has 3 aromatic rings. The average molecular weight is 327 g/mol. The van der Waals surface area contributed by atoms with E-state index in [1.54, 1.807) is 35.6 Å². The summed E-state index contributed by atoms with van der Waals surface area (Å²) >= 11 is 1.60. The lowest BCUT2D eigenvalue weighted by Gasteiger charge is -2.01. The SMILES string of the molecule is CC(=O)c1ccc(C(=O)Nc2nnc(Cc3cccs3)o2)cc1. The van der Waals surface area contributed by atoms with E-state index in [4.69, 9.17) is 4.42 Å². The first-order chi connectivity index (χ1) is 11.1. The quantitative estimate of drug-likeness (QED) is 0.728. The summed E-state index contributed by atoms with van der Waals surface area (Å²) in [6.45, 7) is 1.47. The Hall–Kier alpha value is -2.80. The summed E-state index contributed by atoms with van der Waals surface area (Å²) < 4.78 is 5.41. The Kier molecular flexibility index (Phi) is 4.29. The monoisotopic (exact) mass is 327 g/mol. The molecule has 0 unspecified atom stereocenters. The fourth-order valence-corrected chi connectivity index (χ4v) is 2.66. The van der Waals surface area contributed by atoms with Crippen molar-refractivity contribution in [2.45, 2.75) is 13.3 Å². The van der Waals surface area contributed by atoms with Crippen LogP contribution >= 0.6 is 11.3 Å². The maximum atomic E-state index is 12.1. The normalized spacial score (nSPS) is 10.5. The number of carbonyl (C=O) groups is 2. The molecule has 1 aromatic carbocycles. The number of ketones is 1. The molecule has 0 fully saturated rings. The number of thiophene rings is 1. The molecule has 2 heterocycles. The average Bonchev–Trinajstić information content (AvgIpc) is 3.20. The molecule has 0 atom stereocenters. The van der Waals surface area contributed by atoms with Gasteiger partial charge >= 0.3 is 6.01 Å². The van der Waals surface area contributed by atoms with E-state index in [0.717, 1.165) is 4.88 Å². The van der Waals surface area contributed by atoms with Gasteiger partial charge in [-0.1, -0.05) is 23.3 Å². The van der Waals surface area contributed by atoms with Crippen molar-refractivity contribution in [1.29, 1.82) is 0 Å². The van der Waals surface area contributed by atoms with E-state index in [1.807, 2.05) is 17.5 Å². The van der Waals surface area contributed by atoms with Gasteiger partial charge in [0.15, 0.2) is 5.78 Å². The highest BCUT2D eigenvalue weighted by molar-refractivity contribution is 7.09. The van der Waals surface area contributed by atoms with Crippen LogP contribution in [0.2, 0.25) is 0 Å². The summed E-state index contributed by atoms with van der Waals surface area (Å²) in [5.41, 5.74) is 0.964. The Bertz CT molecular complexity index is 823. The summed E-state index contributed by atoms with van der Waals surface area (Å²) in [5.74, 6) is 0.0215. The van der Waals surface area contributed by atoms with Gasteiger partial charge < -0.3 is 4.42 Å². The third kappa shape index (κ3) is 3.70. The van der Waals surface area contributed by atoms with Crippen molar-refractivity contribution in [3.63, 3.8) is 0 Å². The van der Waals surface area contributed by atoms with Gasteiger partial charge in [-0.15, -0.1) is 16.4 Å². The molecule has 0 saturated heterocycles. The van der Waals surface area contributed by atoms with Gasteiger partial charge in [0, 0.05) is 16.0 Å². The van der Waals surface area contributed by atoms with Gasteiger partial charge in [-0.3, -0.25) is 14.9 Å². The largest absolute Gasteiger partial charge is 0.407 e. The number of nitrogens with one attached hydrogen (secondary N) is 1. The molecule has 116 valence electrons. The second-order valence-corrected chi connectivity index (χ2v) is 5.88. The molecule has 0 aliphatic carbocycles. The van der Waals surface area contributed by atoms with Crippen LogP contribution in [0.1, 0.15) is 38.4 Å². The lowest BCUT2D eigenvalue weighted by molar-refractivity contribution is 0.100. The molecule has 1 N–H and O–H groups in total. The third-order valence-electron chi connectivity index (χ3n) is 3.15. The Morgan fingerprint density at radius 2 is 1.87 bits per heavy atom. The molecule has 0 bridgehead atoms. The van der Waals surface area contributed by atoms with Crippen LogP contribution in [0.3, 0.4) is 0 Å². The van der Waals surface area contributed by atoms with Crippen LogP contribution in [0.25, 0.3) is 0 Å². The summed E-state index contributed by atoms with van der Waals surface area (Å²) in [7, 11) is 0. The van der Waals surface area contributed by atoms with Crippen LogP contribution in [-0.2, 0) is 6.42 Å². The van der Waals surface area contributed by atoms with E-state index in [2.05, 4.69) is 15.5 Å². The third-order valence-corrected chi connectivity index (χ3v) is 4.02. The molecule has 0 aliphatic rings. The van der Waals surface area contributed by atoms with E-state index in [-0.39, 0.29) is 17.7 Å². The molecule has 6 nitrogen and oxygen atoms in total. The number of carbonyl (C=O) groups excluding carboxylic acids is 2. The lowest BCUT2D eigenvalue weighted by Crippen LogP contribution is -2.12. The molecule has 1 amide bonds. The zero-order valence-corrected chi connectivity index (χ0v) is 13.1. The summed E-state index contributed by atoms with van der Waals surface area (Å²) in [5, 5.41) is 12.2. The summed E-state index contributed by atoms with van der Waals surface area (Å²) in [4.78, 5) is 24.4. The number of aromatic nitrogens is 2. The van der Waals surface area contributed by atoms with E-state index in [9.17, 15) is 9.59 Å². The summed E-state index contributed by atoms with van der Waals surface area (Å²) in [6, 6.07) is 10.3. The smallest absolute Gasteiger partial charge is 0.322 e. The number of amides is 1. The van der Waals surface area contributed by atoms with Crippen molar-refractivity contribution in [3.05, 3.63) is 63.7 Å². The second-order valence-electron chi connectivity index (χ2n) is 4.84. The standard InChI is InChI=1S/C16H13N3O3S/c1-10(20)11-4-6-12(7-5-11)15(21)17-16-19-18-14(22-16)9-13-3-2-8-23-13/h2-8H,9H2,1H3,(H,17,19,21). The maximum Gasteiger partial charge on any atom is 0.322 e. The molecule has 0 saturated carbocycles. The maximum absolute atomic E-state index is 12.1. The van der Waals surface area contributed by atoms with Crippen LogP contribution in [0.5, 0.6) is 0 Å². The zero-order valence-electron chi connectivity index (χ0n) is 12.3. The topological polar surface area (TPSA) is 85.1 Å². The number of hydrogen-bond acceptors (Lipinski definition) is 6. The highest BCUT2D eigenvalue weighted by Crippen LogP contribution is 2.16. The van der Waals surface area contributed by atoms with Crippen molar-refractivity contribution < 1.29 is 14.0 Å². The van der Waals surface area contributed by atoms with E-state index < -0.39 is 0 Å². The van der Waals surface area contributed by atoms with Gasteiger partial charge in [0.25, 0.3) is 5.91 Å². The van der Waals surface area contributed by atoms with Crippen LogP contribution in [0.15, 0.2) is 46.2 Å². The molecule has 0 radical (unpaired) electrons. The summed E-state index contributed by atoms with van der Waals surface area (Å²) in [6.07, 6.45) is 0.536. The number of rotatable bonds is 5. The van der Waals surface area contributed by atoms with Crippen LogP contribution in [0.4, 0.5) is 6.01 Å². The Balaban J connectivity index is 1.65. The van der Waals surface area contributed by atoms with E-state index in [1.165, 1.54) is 6.92 Å². The van der Waals surface area contributed by atoms with Crippen molar-refractivity contribution in [2.24, 2.45) is 0 Å². The number of Topliss-reactive ketones (excluding diaryl/α,β-unsaturated/α-hetero) is 1. The first-order valence-corrected chi connectivity index (χ1v) is 7.77. The van der Waals surface area contributed by atoms with Crippen LogP contribution < -0.4 is 5.32 Å². The van der Waals surface area contributed by atoms with Crippen LogP contribution in [0, 0.1) is 0 Å². The Morgan fingerprint density at radius 1 is 1.13 bits per heavy atom. The first kappa shape index (κ1) is 15.1. The first-order valence-electron chi connectivity index (χ1n) is 6.89. The molecule has 2 aromatic heterocycles. The minimum Gasteiger partial charge on any atom is -0.407 e. The minimum atomic E-state index is -0.369. The minimum absolute atomic E-state index is 0.0490. The number of nitrogens with zero attached hydrogens (tertiary/aromatic N) is 2. The highest BCUT2D eigenvalue weighted by atomic mass is 32.1. The predicted molar refractivity (Wildman–Crippen MR) is 85.8 cm³/mol. The van der Waals surface area contributed by atoms with Crippen molar-refractivity contribution in [2.75, 3.05) is 5.32 Å². The number of hydrogen-bond donors (Lipinski definition) is 1. The van der Waals surface area contributed by atoms with E-state index in [0.29, 0.717) is 23.4 Å². The predicted octanol–water partition coefficient (Wildman–Crippen LogP) is 3.18. The number of anilines is 1. The molecule has 7 heteroatoms. The molecule has 3 rings (SSSR count). The zero-order chi connectivity index (χ0) is 16.2. The van der Waals surface area contributed by atoms with Gasteiger partial charge in [-0.2, -0.15) is 0 Å². The van der Waals surface area contributed by atoms with Crippen molar-refractivity contribution >= 4 is 29.0 Å². The van der Waals surface area contributed by atoms with E-state index >= 15 is 0 Å². The van der Waals surface area contributed by atoms with Gasteiger partial charge in [0.05, 0.1) is 6.42 Å². The lowest BCUT2D eigenvalue weighted by atomic mass is 10.1. The molecule has 0 spiro atoms. The van der Waals surface area contributed by atoms with Gasteiger partial charge in [0.1, 0.15) is 0 Å². The Labute approximate surface area is 136 Å². The Morgan fingerprint density at radius 3 is 2.52 bits per heavy atom. The fraction of sp³-hybridized carbons (Fsp3) is 0.125. The van der Waals surface area contributed by atoms with Gasteiger partial charge in [0.2, 0.25) is 5.89 Å². The molecule has 0 aliphatic heterocycles. The molecular weight excluding hydrogens is 314 g/mol. The van der Waals surface area contributed by atoms with Crippen molar-refractivity contribution in [3.8, 4) is 0 Å². The van der Waals surface area contributed by atoms with Gasteiger partial charge in [-0.25, -0.2) is 0 Å². The second kappa shape index (κ2) is 6.53. The van der Waals surface area contributed by atoms with Crippen molar-refractivity contribution in [1.82, 2.24) is 10.2 Å². The van der Waals surface area contributed by atoms with Gasteiger partial charge in [-0.05, 0) is 30.5 Å².